The van der Waals surface area contributed by atoms with Gasteiger partial charge in [0.1, 0.15) is 22.9 Å². The number of benzene rings is 1. The number of aromatic amines is 1. The smallest absolute Gasteiger partial charge is 0.267 e. The number of rotatable bonds is 7. The lowest BCUT2D eigenvalue weighted by molar-refractivity contribution is 0.0730. The van der Waals surface area contributed by atoms with E-state index < -0.39 is 10.0 Å². The third kappa shape index (κ3) is 4.88. The van der Waals surface area contributed by atoms with Gasteiger partial charge >= 0.3 is 0 Å². The van der Waals surface area contributed by atoms with E-state index >= 15 is 0 Å². The zero-order chi connectivity index (χ0) is 19.3. The lowest BCUT2D eigenvalue weighted by atomic mass is 10.2. The fourth-order valence-corrected chi connectivity index (χ4v) is 4.13. The standard InChI is InChI=1S/C18H23N3O5S/c1-14-3-2-4-15(11-14)26-8-5-19-18(22)17-12-16(13-20-17)27(23,24)21-6-9-25-10-7-21/h2-4,11-13,20H,5-10H2,1H3,(H,19,22). The zero-order valence-electron chi connectivity index (χ0n) is 15.1. The molecular formula is C18H23N3O5S. The van der Waals surface area contributed by atoms with Crippen molar-refractivity contribution in [2.45, 2.75) is 11.8 Å². The molecule has 1 aliphatic heterocycles. The molecule has 1 aliphatic rings. The molecule has 9 heteroatoms. The molecule has 146 valence electrons. The minimum atomic E-state index is -3.62. The topological polar surface area (TPSA) is 101 Å². The molecule has 2 N–H and O–H groups in total. The number of morpholine rings is 1. The van der Waals surface area contributed by atoms with Gasteiger partial charge in [0.05, 0.1) is 19.8 Å². The van der Waals surface area contributed by atoms with Crippen molar-refractivity contribution in [2.24, 2.45) is 0 Å². The van der Waals surface area contributed by atoms with Crippen LogP contribution < -0.4 is 10.1 Å². The Balaban J connectivity index is 1.52. The molecule has 0 saturated carbocycles. The van der Waals surface area contributed by atoms with Gasteiger partial charge in [-0.2, -0.15) is 4.31 Å². The summed E-state index contributed by atoms with van der Waals surface area (Å²) in [5, 5.41) is 2.70. The molecule has 2 heterocycles. The molecule has 1 saturated heterocycles. The van der Waals surface area contributed by atoms with Crippen LogP contribution in [0.25, 0.3) is 0 Å². The van der Waals surface area contributed by atoms with Crippen LogP contribution in [0.1, 0.15) is 16.1 Å². The third-order valence-electron chi connectivity index (χ3n) is 4.15. The average Bonchev–Trinajstić information content (AvgIpc) is 3.17. The first-order valence-electron chi connectivity index (χ1n) is 8.71. The molecule has 0 radical (unpaired) electrons. The minimum Gasteiger partial charge on any atom is -0.492 e. The van der Waals surface area contributed by atoms with Crippen molar-refractivity contribution in [3.05, 3.63) is 47.8 Å². The predicted octanol–water partition coefficient (Wildman–Crippen LogP) is 1.15. The fourth-order valence-electron chi connectivity index (χ4n) is 2.72. The number of carbonyl (C=O) groups excluding carboxylic acids is 1. The average molecular weight is 393 g/mol. The van der Waals surface area contributed by atoms with Crippen LogP contribution in [0.15, 0.2) is 41.4 Å². The summed E-state index contributed by atoms with van der Waals surface area (Å²) in [6.07, 6.45) is 1.34. The van der Waals surface area contributed by atoms with Crippen molar-refractivity contribution in [3.8, 4) is 5.75 Å². The molecule has 0 unspecified atom stereocenters. The third-order valence-corrected chi connectivity index (χ3v) is 6.03. The van der Waals surface area contributed by atoms with Crippen LogP contribution in [-0.2, 0) is 14.8 Å². The number of aryl methyl sites for hydroxylation is 1. The maximum atomic E-state index is 12.6. The highest BCUT2D eigenvalue weighted by Crippen LogP contribution is 2.18. The number of hydrogen-bond donors (Lipinski definition) is 2. The SMILES string of the molecule is Cc1cccc(OCCNC(=O)c2cc(S(=O)(=O)N3CCOCC3)c[nH]2)c1. The van der Waals surface area contributed by atoms with E-state index in [-0.39, 0.29) is 16.5 Å². The van der Waals surface area contributed by atoms with Crippen molar-refractivity contribution < 1.29 is 22.7 Å². The number of hydrogen-bond acceptors (Lipinski definition) is 5. The molecule has 1 aromatic heterocycles. The van der Waals surface area contributed by atoms with Crippen LogP contribution in [0, 0.1) is 6.92 Å². The normalized spacial score (nSPS) is 15.4. The number of aromatic nitrogens is 1. The number of H-pyrrole nitrogens is 1. The van der Waals surface area contributed by atoms with Gasteiger partial charge in [-0.3, -0.25) is 4.79 Å². The molecule has 0 aliphatic carbocycles. The van der Waals surface area contributed by atoms with E-state index in [9.17, 15) is 13.2 Å². The van der Waals surface area contributed by atoms with E-state index in [1.165, 1.54) is 16.6 Å². The van der Waals surface area contributed by atoms with Crippen molar-refractivity contribution in [1.29, 1.82) is 0 Å². The number of nitrogens with zero attached hydrogens (tertiary/aromatic N) is 1. The highest BCUT2D eigenvalue weighted by Gasteiger charge is 2.27. The minimum absolute atomic E-state index is 0.0746. The molecule has 27 heavy (non-hydrogen) atoms. The van der Waals surface area contributed by atoms with Crippen LogP contribution in [-0.4, -0.2) is 63.1 Å². The molecule has 3 rings (SSSR count). The maximum absolute atomic E-state index is 12.6. The van der Waals surface area contributed by atoms with E-state index in [0.717, 1.165) is 11.3 Å². The second-order valence-corrected chi connectivity index (χ2v) is 8.12. The van der Waals surface area contributed by atoms with Gasteiger partial charge in [-0.1, -0.05) is 12.1 Å². The van der Waals surface area contributed by atoms with Gasteiger partial charge in [-0.25, -0.2) is 8.42 Å². The number of sulfonamides is 1. The van der Waals surface area contributed by atoms with Gasteiger partial charge in [-0.05, 0) is 30.7 Å². The van der Waals surface area contributed by atoms with Gasteiger partial charge in [0, 0.05) is 19.3 Å². The van der Waals surface area contributed by atoms with Crippen molar-refractivity contribution in [2.75, 3.05) is 39.5 Å². The first kappa shape index (κ1) is 19.4. The van der Waals surface area contributed by atoms with E-state index in [4.69, 9.17) is 9.47 Å². The van der Waals surface area contributed by atoms with Gasteiger partial charge in [0.15, 0.2) is 0 Å². The largest absolute Gasteiger partial charge is 0.492 e. The van der Waals surface area contributed by atoms with Crippen LogP contribution in [0.2, 0.25) is 0 Å². The Labute approximate surface area is 158 Å². The van der Waals surface area contributed by atoms with Crippen LogP contribution in [0.4, 0.5) is 0 Å². The van der Waals surface area contributed by atoms with Crippen molar-refractivity contribution >= 4 is 15.9 Å². The molecule has 1 aromatic carbocycles. The molecule has 1 fully saturated rings. The lowest BCUT2D eigenvalue weighted by Gasteiger charge is -2.25. The Morgan fingerprint density at radius 3 is 2.81 bits per heavy atom. The van der Waals surface area contributed by atoms with Gasteiger partial charge in [0.25, 0.3) is 5.91 Å². The monoisotopic (exact) mass is 393 g/mol. The zero-order valence-corrected chi connectivity index (χ0v) is 15.9. The van der Waals surface area contributed by atoms with Crippen LogP contribution in [0.5, 0.6) is 5.75 Å². The van der Waals surface area contributed by atoms with Gasteiger partial charge in [-0.15, -0.1) is 0 Å². The van der Waals surface area contributed by atoms with E-state index in [1.54, 1.807) is 0 Å². The summed E-state index contributed by atoms with van der Waals surface area (Å²) in [5.74, 6) is 0.356. The fraction of sp³-hybridized carbons (Fsp3) is 0.389. The number of amides is 1. The summed E-state index contributed by atoms with van der Waals surface area (Å²) < 4.78 is 37.2. The Bertz CT molecular complexity index is 888. The first-order chi connectivity index (χ1) is 13.0. The summed E-state index contributed by atoms with van der Waals surface area (Å²) in [4.78, 5) is 15.0. The van der Waals surface area contributed by atoms with Crippen LogP contribution in [0.3, 0.4) is 0 Å². The number of nitrogens with one attached hydrogen (secondary N) is 2. The predicted molar refractivity (Wildman–Crippen MR) is 99.4 cm³/mol. The Morgan fingerprint density at radius 1 is 1.30 bits per heavy atom. The highest BCUT2D eigenvalue weighted by atomic mass is 32.2. The molecule has 8 nitrogen and oxygen atoms in total. The first-order valence-corrected chi connectivity index (χ1v) is 10.1. The molecular weight excluding hydrogens is 370 g/mol. The second kappa shape index (κ2) is 8.55. The Morgan fingerprint density at radius 2 is 2.07 bits per heavy atom. The lowest BCUT2D eigenvalue weighted by Crippen LogP contribution is -2.40. The Hall–Kier alpha value is -2.36. The number of ether oxygens (including phenoxy) is 2. The van der Waals surface area contributed by atoms with Crippen LogP contribution >= 0.6 is 0 Å². The molecule has 0 bridgehead atoms. The second-order valence-electron chi connectivity index (χ2n) is 6.19. The van der Waals surface area contributed by atoms with Crippen molar-refractivity contribution in [1.82, 2.24) is 14.6 Å². The van der Waals surface area contributed by atoms with E-state index in [2.05, 4.69) is 10.3 Å². The quantitative estimate of drug-likeness (QED) is 0.688. The van der Waals surface area contributed by atoms with Gasteiger partial charge in [0.2, 0.25) is 10.0 Å². The molecule has 1 amide bonds. The maximum Gasteiger partial charge on any atom is 0.267 e. The molecule has 2 aromatic rings. The summed E-state index contributed by atoms with van der Waals surface area (Å²) >= 11 is 0. The van der Waals surface area contributed by atoms with Gasteiger partial charge < -0.3 is 19.8 Å². The summed E-state index contributed by atoms with van der Waals surface area (Å²) in [5.41, 5.74) is 1.29. The Kier molecular flexibility index (Phi) is 6.15. The summed E-state index contributed by atoms with van der Waals surface area (Å²) in [6, 6.07) is 8.99. The number of carbonyl (C=O) groups is 1. The van der Waals surface area contributed by atoms with Crippen molar-refractivity contribution in [3.63, 3.8) is 0 Å². The summed E-state index contributed by atoms with van der Waals surface area (Å²) in [7, 11) is -3.62. The summed E-state index contributed by atoms with van der Waals surface area (Å²) in [6.45, 7) is 3.96. The van der Waals surface area contributed by atoms with E-state index in [1.807, 2.05) is 31.2 Å². The highest BCUT2D eigenvalue weighted by molar-refractivity contribution is 7.89. The molecule has 0 spiro atoms. The van der Waals surface area contributed by atoms with E-state index in [0.29, 0.717) is 39.5 Å². The molecule has 0 atom stereocenters.